The minimum absolute atomic E-state index is 0.122. The number of hydrogen-bond acceptors (Lipinski definition) is 5. The van der Waals surface area contributed by atoms with Crippen LogP contribution in [0, 0.1) is 0 Å². The zero-order valence-corrected chi connectivity index (χ0v) is 15.0. The predicted molar refractivity (Wildman–Crippen MR) is 101 cm³/mol. The standard InChI is InChI=1S/C20H21N5O/c1-24(2)18-11-16-13-25(10-8-17(16)22-23-18)19(26)12-15-6-3-5-14-7-4-9-21-20(14)15/h3-7,9,11H,8,10,12-13H2,1-2H3. The molecule has 1 aromatic carbocycles. The van der Waals surface area contributed by atoms with Crippen LogP contribution in [0.3, 0.4) is 0 Å². The van der Waals surface area contributed by atoms with Crippen LogP contribution >= 0.6 is 0 Å². The van der Waals surface area contributed by atoms with Gasteiger partial charge in [-0.2, -0.15) is 5.10 Å². The number of anilines is 1. The second-order valence-electron chi connectivity index (χ2n) is 6.80. The van der Waals surface area contributed by atoms with Gasteiger partial charge in [0.15, 0.2) is 5.82 Å². The van der Waals surface area contributed by atoms with Crippen LogP contribution < -0.4 is 4.90 Å². The van der Waals surface area contributed by atoms with Gasteiger partial charge in [0, 0.05) is 45.2 Å². The van der Waals surface area contributed by atoms with Crippen molar-refractivity contribution >= 4 is 22.6 Å². The summed E-state index contributed by atoms with van der Waals surface area (Å²) in [6.45, 7) is 1.27. The molecule has 26 heavy (non-hydrogen) atoms. The van der Waals surface area contributed by atoms with Gasteiger partial charge in [-0.3, -0.25) is 9.78 Å². The highest BCUT2D eigenvalue weighted by molar-refractivity contribution is 5.87. The quantitative estimate of drug-likeness (QED) is 0.727. The molecule has 0 N–H and O–H groups in total. The number of para-hydroxylation sites is 1. The topological polar surface area (TPSA) is 62.2 Å². The summed E-state index contributed by atoms with van der Waals surface area (Å²) >= 11 is 0. The van der Waals surface area contributed by atoms with Gasteiger partial charge in [-0.25, -0.2) is 0 Å². The van der Waals surface area contributed by atoms with Gasteiger partial charge in [-0.15, -0.1) is 5.10 Å². The van der Waals surface area contributed by atoms with E-state index in [1.807, 2.05) is 60.3 Å². The number of fused-ring (bicyclic) bond motifs is 2. The molecule has 0 fully saturated rings. The number of carbonyl (C=O) groups is 1. The average Bonchev–Trinajstić information content (AvgIpc) is 2.67. The van der Waals surface area contributed by atoms with Crippen molar-refractivity contribution < 1.29 is 4.79 Å². The zero-order valence-electron chi connectivity index (χ0n) is 15.0. The SMILES string of the molecule is CN(C)c1cc2c(nn1)CCN(C(=O)Cc1cccc3cccnc13)C2. The highest BCUT2D eigenvalue weighted by atomic mass is 16.2. The zero-order chi connectivity index (χ0) is 18.1. The van der Waals surface area contributed by atoms with Crippen molar-refractivity contribution in [2.24, 2.45) is 0 Å². The van der Waals surface area contributed by atoms with Gasteiger partial charge in [0.1, 0.15) is 0 Å². The fourth-order valence-corrected chi connectivity index (χ4v) is 3.33. The summed E-state index contributed by atoms with van der Waals surface area (Å²) in [5.74, 6) is 0.938. The Morgan fingerprint density at radius 2 is 2.04 bits per heavy atom. The van der Waals surface area contributed by atoms with Crippen LogP contribution in [-0.2, 0) is 24.2 Å². The van der Waals surface area contributed by atoms with Gasteiger partial charge in [0.2, 0.25) is 5.91 Å². The molecule has 0 aliphatic carbocycles. The van der Waals surface area contributed by atoms with Crippen LogP contribution in [0.25, 0.3) is 10.9 Å². The third-order valence-corrected chi connectivity index (χ3v) is 4.80. The molecule has 1 aliphatic heterocycles. The lowest BCUT2D eigenvalue weighted by molar-refractivity contribution is -0.131. The van der Waals surface area contributed by atoms with E-state index < -0.39 is 0 Å². The molecule has 0 saturated heterocycles. The van der Waals surface area contributed by atoms with Crippen LogP contribution in [0.5, 0.6) is 0 Å². The summed E-state index contributed by atoms with van der Waals surface area (Å²) in [4.78, 5) is 21.2. The normalized spacial score (nSPS) is 13.5. The van der Waals surface area contributed by atoms with Crippen LogP contribution in [0.2, 0.25) is 0 Å². The van der Waals surface area contributed by atoms with Crippen molar-refractivity contribution in [3.63, 3.8) is 0 Å². The number of carbonyl (C=O) groups excluding carboxylic acids is 1. The van der Waals surface area contributed by atoms with Gasteiger partial charge in [-0.1, -0.05) is 24.3 Å². The molecule has 0 spiro atoms. The van der Waals surface area contributed by atoms with E-state index in [9.17, 15) is 4.79 Å². The summed E-state index contributed by atoms with van der Waals surface area (Å²) in [7, 11) is 3.88. The van der Waals surface area contributed by atoms with E-state index in [-0.39, 0.29) is 5.91 Å². The summed E-state index contributed by atoms with van der Waals surface area (Å²) in [6.07, 6.45) is 2.88. The second kappa shape index (κ2) is 6.71. The number of benzene rings is 1. The van der Waals surface area contributed by atoms with E-state index in [0.29, 0.717) is 19.5 Å². The van der Waals surface area contributed by atoms with Gasteiger partial charge >= 0.3 is 0 Å². The van der Waals surface area contributed by atoms with Crippen LogP contribution in [0.4, 0.5) is 5.82 Å². The van der Waals surface area contributed by atoms with Crippen LogP contribution in [0.15, 0.2) is 42.6 Å². The lowest BCUT2D eigenvalue weighted by atomic mass is 10.0. The van der Waals surface area contributed by atoms with Crippen molar-refractivity contribution in [1.29, 1.82) is 0 Å². The first-order valence-electron chi connectivity index (χ1n) is 8.75. The maximum absolute atomic E-state index is 12.9. The average molecular weight is 347 g/mol. The summed E-state index contributed by atoms with van der Waals surface area (Å²) < 4.78 is 0. The lowest BCUT2D eigenvalue weighted by Crippen LogP contribution is -2.37. The molecule has 6 heteroatoms. The molecule has 0 saturated carbocycles. The van der Waals surface area contributed by atoms with Gasteiger partial charge < -0.3 is 9.80 Å². The van der Waals surface area contributed by atoms with Crippen molar-refractivity contribution in [3.05, 3.63) is 59.4 Å². The predicted octanol–water partition coefficient (Wildman–Crippen LogP) is 2.22. The van der Waals surface area contributed by atoms with E-state index in [1.54, 1.807) is 6.20 Å². The first kappa shape index (κ1) is 16.4. The van der Waals surface area contributed by atoms with Crippen molar-refractivity contribution in [1.82, 2.24) is 20.1 Å². The molecule has 6 nitrogen and oxygen atoms in total. The Hall–Kier alpha value is -3.02. The number of pyridine rings is 1. The van der Waals surface area contributed by atoms with Crippen molar-refractivity contribution in [2.75, 3.05) is 25.5 Å². The van der Waals surface area contributed by atoms with Crippen molar-refractivity contribution in [2.45, 2.75) is 19.4 Å². The molecule has 0 atom stereocenters. The number of aromatic nitrogens is 3. The highest BCUT2D eigenvalue weighted by Gasteiger charge is 2.23. The van der Waals surface area contributed by atoms with E-state index >= 15 is 0 Å². The molecule has 3 aromatic rings. The Morgan fingerprint density at radius 1 is 1.19 bits per heavy atom. The third-order valence-electron chi connectivity index (χ3n) is 4.80. The molecule has 0 unspecified atom stereocenters. The lowest BCUT2D eigenvalue weighted by Gasteiger charge is -2.28. The monoisotopic (exact) mass is 347 g/mol. The Bertz CT molecular complexity index is 964. The fourth-order valence-electron chi connectivity index (χ4n) is 3.33. The number of nitrogens with zero attached hydrogens (tertiary/aromatic N) is 5. The summed E-state index contributed by atoms with van der Waals surface area (Å²) in [5, 5.41) is 9.61. The Labute approximate surface area is 152 Å². The van der Waals surface area contributed by atoms with E-state index in [4.69, 9.17) is 0 Å². The number of rotatable bonds is 3. The van der Waals surface area contributed by atoms with Gasteiger partial charge in [-0.05, 0) is 23.3 Å². The fraction of sp³-hybridized carbons (Fsp3) is 0.300. The highest BCUT2D eigenvalue weighted by Crippen LogP contribution is 2.22. The van der Waals surface area contributed by atoms with Crippen molar-refractivity contribution in [3.8, 4) is 0 Å². The number of hydrogen-bond donors (Lipinski definition) is 0. The Morgan fingerprint density at radius 3 is 2.88 bits per heavy atom. The summed E-state index contributed by atoms with van der Waals surface area (Å²) in [6, 6.07) is 12.0. The first-order valence-corrected chi connectivity index (χ1v) is 8.75. The molecule has 1 amide bonds. The Balaban J connectivity index is 1.55. The second-order valence-corrected chi connectivity index (χ2v) is 6.80. The minimum atomic E-state index is 0.122. The molecular weight excluding hydrogens is 326 g/mol. The molecule has 132 valence electrons. The molecule has 4 rings (SSSR count). The largest absolute Gasteiger partial charge is 0.361 e. The van der Waals surface area contributed by atoms with Gasteiger partial charge in [0.25, 0.3) is 0 Å². The molecule has 3 heterocycles. The van der Waals surface area contributed by atoms with Crippen LogP contribution in [-0.4, -0.2) is 46.6 Å². The molecule has 1 aliphatic rings. The van der Waals surface area contributed by atoms with Crippen LogP contribution in [0.1, 0.15) is 16.8 Å². The first-order chi connectivity index (χ1) is 12.6. The smallest absolute Gasteiger partial charge is 0.227 e. The van der Waals surface area contributed by atoms with E-state index in [2.05, 4.69) is 15.2 Å². The molecule has 0 radical (unpaired) electrons. The summed E-state index contributed by atoms with van der Waals surface area (Å²) in [5.41, 5.74) is 3.95. The van der Waals surface area contributed by atoms with E-state index in [1.165, 1.54) is 0 Å². The number of amides is 1. The third kappa shape index (κ3) is 3.10. The molecule has 2 aromatic heterocycles. The minimum Gasteiger partial charge on any atom is -0.361 e. The maximum atomic E-state index is 12.9. The van der Waals surface area contributed by atoms with Gasteiger partial charge in [0.05, 0.1) is 17.6 Å². The molecular formula is C20H21N5O. The van der Waals surface area contributed by atoms with E-state index in [0.717, 1.165) is 40.0 Å². The maximum Gasteiger partial charge on any atom is 0.227 e. The molecule has 0 bridgehead atoms. The Kier molecular flexibility index (Phi) is 4.24.